The molecule has 0 bridgehead atoms. The van der Waals surface area contributed by atoms with Gasteiger partial charge in [-0.1, -0.05) is 23.8 Å². The summed E-state index contributed by atoms with van der Waals surface area (Å²) in [6.45, 7) is 7.68. The van der Waals surface area contributed by atoms with Crippen LogP contribution in [0.15, 0.2) is 42.5 Å². The SMILES string of the molecule is COc1nc2c(c(C)nn2-c2ccc(C)cc2)c(C)c1CCC(=O)Nc1ccc(C)c(F)c1. The summed E-state index contributed by atoms with van der Waals surface area (Å²) in [4.78, 5) is 17.3. The molecule has 2 heterocycles. The highest BCUT2D eigenvalue weighted by molar-refractivity contribution is 5.91. The van der Waals surface area contributed by atoms with Crippen LogP contribution in [0.2, 0.25) is 0 Å². The van der Waals surface area contributed by atoms with E-state index in [1.165, 1.54) is 11.6 Å². The molecule has 6 nitrogen and oxygen atoms in total. The number of hydrogen-bond acceptors (Lipinski definition) is 4. The van der Waals surface area contributed by atoms with Crippen LogP contribution in [0.5, 0.6) is 5.88 Å². The number of nitrogens with one attached hydrogen (secondary N) is 1. The molecule has 0 unspecified atom stereocenters. The molecule has 0 fully saturated rings. The summed E-state index contributed by atoms with van der Waals surface area (Å²) in [7, 11) is 1.58. The Morgan fingerprint density at radius 2 is 1.82 bits per heavy atom. The number of nitrogens with zero attached hydrogens (tertiary/aromatic N) is 3. The van der Waals surface area contributed by atoms with E-state index in [-0.39, 0.29) is 18.1 Å². The Kier molecular flexibility index (Phi) is 6.14. The summed E-state index contributed by atoms with van der Waals surface area (Å²) in [6.07, 6.45) is 0.651. The number of ether oxygens (including phenoxy) is 1. The van der Waals surface area contributed by atoms with Crippen LogP contribution < -0.4 is 10.1 Å². The van der Waals surface area contributed by atoms with Gasteiger partial charge in [0.2, 0.25) is 11.8 Å². The Morgan fingerprint density at radius 3 is 2.48 bits per heavy atom. The van der Waals surface area contributed by atoms with Crippen molar-refractivity contribution in [2.45, 2.75) is 40.5 Å². The van der Waals surface area contributed by atoms with Gasteiger partial charge in [0.1, 0.15) is 5.82 Å². The molecule has 1 N–H and O–H groups in total. The molecule has 0 aliphatic heterocycles. The monoisotopic (exact) mass is 446 g/mol. The molecule has 33 heavy (non-hydrogen) atoms. The van der Waals surface area contributed by atoms with E-state index in [1.54, 1.807) is 26.2 Å². The number of aromatic nitrogens is 3. The highest BCUT2D eigenvalue weighted by Crippen LogP contribution is 2.32. The predicted octanol–water partition coefficient (Wildman–Crippen LogP) is 5.37. The van der Waals surface area contributed by atoms with E-state index in [4.69, 9.17) is 14.8 Å². The predicted molar refractivity (Wildman–Crippen MR) is 128 cm³/mol. The lowest BCUT2D eigenvalue weighted by Crippen LogP contribution is -2.13. The number of benzene rings is 2. The fourth-order valence-electron chi connectivity index (χ4n) is 3.99. The molecule has 0 radical (unpaired) electrons. The van der Waals surface area contributed by atoms with Gasteiger partial charge < -0.3 is 10.1 Å². The van der Waals surface area contributed by atoms with Gasteiger partial charge in [-0.3, -0.25) is 4.79 Å². The number of amides is 1. The van der Waals surface area contributed by atoms with Crippen molar-refractivity contribution in [1.29, 1.82) is 0 Å². The molecular formula is C26H27FN4O2. The number of hydrogen-bond donors (Lipinski definition) is 1. The van der Waals surface area contributed by atoms with E-state index >= 15 is 0 Å². The van der Waals surface area contributed by atoms with Crippen LogP contribution in [0.1, 0.15) is 34.4 Å². The molecule has 4 aromatic rings. The fraction of sp³-hybridized carbons (Fsp3) is 0.269. The number of fused-ring (bicyclic) bond motifs is 1. The molecule has 0 saturated heterocycles. The first-order chi connectivity index (χ1) is 15.8. The standard InChI is InChI=1S/C26H27FN4O2/c1-15-6-10-20(11-7-15)31-25-24(18(4)30-31)17(3)21(26(29-25)33-5)12-13-23(32)28-19-9-8-16(2)22(27)14-19/h6-11,14H,12-13H2,1-5H3,(H,28,32). The molecular weight excluding hydrogens is 419 g/mol. The van der Waals surface area contributed by atoms with Crippen LogP contribution in [-0.2, 0) is 11.2 Å². The van der Waals surface area contributed by atoms with Gasteiger partial charge >= 0.3 is 0 Å². The second-order valence-electron chi connectivity index (χ2n) is 8.27. The van der Waals surface area contributed by atoms with Crippen LogP contribution in [0.4, 0.5) is 10.1 Å². The van der Waals surface area contributed by atoms with Gasteiger partial charge in [0.05, 0.1) is 18.5 Å². The number of methoxy groups -OCH3 is 1. The molecule has 0 aliphatic carbocycles. The van der Waals surface area contributed by atoms with Gasteiger partial charge in [0.25, 0.3) is 0 Å². The van der Waals surface area contributed by atoms with Crippen LogP contribution in [0.25, 0.3) is 16.7 Å². The van der Waals surface area contributed by atoms with Crippen molar-refractivity contribution in [1.82, 2.24) is 14.8 Å². The number of carbonyl (C=O) groups is 1. The number of carbonyl (C=O) groups excluding carboxylic acids is 1. The molecule has 4 rings (SSSR count). The van der Waals surface area contributed by atoms with E-state index in [0.717, 1.165) is 27.9 Å². The average molecular weight is 447 g/mol. The van der Waals surface area contributed by atoms with Crippen LogP contribution in [-0.4, -0.2) is 27.8 Å². The molecule has 2 aromatic heterocycles. The normalized spacial score (nSPS) is 11.1. The highest BCUT2D eigenvalue weighted by Gasteiger charge is 2.20. The Labute approximate surface area is 192 Å². The first-order valence-electron chi connectivity index (χ1n) is 10.8. The Balaban J connectivity index is 1.63. The third kappa shape index (κ3) is 4.44. The van der Waals surface area contributed by atoms with E-state index in [1.807, 2.05) is 49.7 Å². The maximum absolute atomic E-state index is 13.8. The maximum atomic E-state index is 13.8. The summed E-state index contributed by atoms with van der Waals surface area (Å²) >= 11 is 0. The van der Waals surface area contributed by atoms with E-state index < -0.39 is 0 Å². The molecule has 0 aliphatic rings. The molecule has 0 spiro atoms. The van der Waals surface area contributed by atoms with Gasteiger partial charge in [0, 0.05) is 23.1 Å². The minimum Gasteiger partial charge on any atom is -0.481 e. The van der Waals surface area contributed by atoms with Crippen LogP contribution in [0, 0.1) is 33.5 Å². The summed E-state index contributed by atoms with van der Waals surface area (Å²) in [6, 6.07) is 12.8. The first-order valence-corrected chi connectivity index (χ1v) is 10.8. The second-order valence-corrected chi connectivity index (χ2v) is 8.27. The number of aryl methyl sites for hydroxylation is 4. The van der Waals surface area contributed by atoms with Crippen molar-refractivity contribution in [3.8, 4) is 11.6 Å². The van der Waals surface area contributed by atoms with Gasteiger partial charge in [-0.05, 0) is 69.5 Å². The largest absolute Gasteiger partial charge is 0.481 e. The molecule has 0 atom stereocenters. The zero-order valence-corrected chi connectivity index (χ0v) is 19.5. The minimum atomic E-state index is -0.346. The van der Waals surface area contributed by atoms with Crippen molar-refractivity contribution in [3.05, 3.63) is 76.2 Å². The number of halogens is 1. The lowest BCUT2D eigenvalue weighted by molar-refractivity contribution is -0.116. The number of anilines is 1. The molecule has 7 heteroatoms. The van der Waals surface area contributed by atoms with Crippen molar-refractivity contribution >= 4 is 22.6 Å². The van der Waals surface area contributed by atoms with Gasteiger partial charge in [-0.2, -0.15) is 10.1 Å². The lowest BCUT2D eigenvalue weighted by atomic mass is 10.0. The van der Waals surface area contributed by atoms with E-state index in [9.17, 15) is 9.18 Å². The Hall–Kier alpha value is -3.74. The summed E-state index contributed by atoms with van der Waals surface area (Å²) in [5, 5.41) is 8.43. The molecule has 1 amide bonds. The van der Waals surface area contributed by atoms with Gasteiger partial charge in [-0.25, -0.2) is 9.07 Å². The van der Waals surface area contributed by atoms with Crippen molar-refractivity contribution < 1.29 is 13.9 Å². The Morgan fingerprint density at radius 1 is 1.09 bits per heavy atom. The highest BCUT2D eigenvalue weighted by atomic mass is 19.1. The summed E-state index contributed by atoms with van der Waals surface area (Å²) < 4.78 is 21.2. The van der Waals surface area contributed by atoms with Gasteiger partial charge in [0.15, 0.2) is 5.65 Å². The molecule has 170 valence electrons. The topological polar surface area (TPSA) is 69.0 Å². The van der Waals surface area contributed by atoms with Gasteiger partial charge in [-0.15, -0.1) is 0 Å². The van der Waals surface area contributed by atoms with Crippen LogP contribution >= 0.6 is 0 Å². The summed E-state index contributed by atoms with van der Waals surface area (Å²) in [5.41, 5.74) is 6.49. The van der Waals surface area contributed by atoms with Crippen molar-refractivity contribution in [2.24, 2.45) is 0 Å². The van der Waals surface area contributed by atoms with E-state index in [0.29, 0.717) is 29.2 Å². The maximum Gasteiger partial charge on any atom is 0.224 e. The van der Waals surface area contributed by atoms with Crippen molar-refractivity contribution in [2.75, 3.05) is 12.4 Å². The number of rotatable bonds is 6. The zero-order chi connectivity index (χ0) is 23.7. The molecule has 0 saturated carbocycles. The average Bonchev–Trinajstić information content (AvgIpc) is 3.12. The summed E-state index contributed by atoms with van der Waals surface area (Å²) in [5.74, 6) is -0.0738. The number of pyridine rings is 1. The molecule has 2 aromatic carbocycles. The smallest absolute Gasteiger partial charge is 0.224 e. The quantitative estimate of drug-likeness (QED) is 0.432. The zero-order valence-electron chi connectivity index (χ0n) is 19.5. The van der Waals surface area contributed by atoms with E-state index in [2.05, 4.69) is 5.32 Å². The Bertz CT molecular complexity index is 1340. The lowest BCUT2D eigenvalue weighted by Gasteiger charge is -2.13. The first kappa shape index (κ1) is 22.5. The van der Waals surface area contributed by atoms with Crippen molar-refractivity contribution in [3.63, 3.8) is 0 Å². The fourth-order valence-corrected chi connectivity index (χ4v) is 3.99. The third-order valence-corrected chi connectivity index (χ3v) is 5.86. The van der Waals surface area contributed by atoms with Crippen LogP contribution in [0.3, 0.4) is 0 Å². The third-order valence-electron chi connectivity index (χ3n) is 5.86. The minimum absolute atomic E-state index is 0.202. The second kappa shape index (κ2) is 9.02.